The maximum atomic E-state index is 14.3. The van der Waals surface area contributed by atoms with Crippen LogP contribution in [-0.2, 0) is 11.3 Å². The topological polar surface area (TPSA) is 91.0 Å². The third-order valence-electron chi connectivity index (χ3n) is 5.75. The Labute approximate surface area is 193 Å². The molecule has 1 aliphatic heterocycles. The van der Waals surface area contributed by atoms with E-state index in [0.717, 1.165) is 17.5 Å². The molecule has 0 bridgehead atoms. The Balaban J connectivity index is 1.42. The zero-order valence-corrected chi connectivity index (χ0v) is 18.8. The molecule has 1 fully saturated rings. The first-order chi connectivity index (χ1) is 16.0. The van der Waals surface area contributed by atoms with E-state index in [1.54, 1.807) is 12.1 Å². The number of hydrogen-bond donors (Lipinski definition) is 2. The molecule has 2 aromatic heterocycles. The van der Waals surface area contributed by atoms with Gasteiger partial charge in [-0.3, -0.25) is 9.59 Å². The monoisotopic (exact) mass is 463 g/mol. The molecule has 0 aliphatic carbocycles. The number of aryl methyl sites for hydroxylation is 1. The van der Waals surface area contributed by atoms with Gasteiger partial charge in [-0.25, -0.2) is 14.4 Å². The third kappa shape index (κ3) is 4.23. The minimum atomic E-state index is -0.456. The lowest BCUT2D eigenvalue weighted by atomic mass is 10.1. The van der Waals surface area contributed by atoms with Crippen LogP contribution in [0.25, 0.3) is 21.7 Å². The number of nitrogens with one attached hydrogen (secondary N) is 2. The maximum absolute atomic E-state index is 14.3. The molecule has 0 saturated carbocycles. The van der Waals surface area contributed by atoms with Crippen LogP contribution in [0.4, 0.5) is 9.52 Å². The number of aromatic amines is 1. The highest BCUT2D eigenvalue weighted by molar-refractivity contribution is 7.21. The predicted molar refractivity (Wildman–Crippen MR) is 127 cm³/mol. The smallest absolute Gasteiger partial charge is 0.278 e. The van der Waals surface area contributed by atoms with Crippen molar-refractivity contribution in [2.75, 3.05) is 11.4 Å². The van der Waals surface area contributed by atoms with Crippen molar-refractivity contribution in [3.05, 3.63) is 75.8 Å². The number of aromatic nitrogens is 3. The molecule has 1 atom stereocenters. The summed E-state index contributed by atoms with van der Waals surface area (Å²) >= 11 is 1.24. The van der Waals surface area contributed by atoms with Crippen LogP contribution in [0, 0.1) is 12.7 Å². The van der Waals surface area contributed by atoms with Gasteiger partial charge in [0.1, 0.15) is 17.7 Å². The number of rotatable bonds is 5. The van der Waals surface area contributed by atoms with E-state index in [-0.39, 0.29) is 28.9 Å². The Bertz CT molecular complexity index is 1380. The fourth-order valence-corrected chi connectivity index (χ4v) is 5.08. The number of carbonyl (C=O) groups is 1. The number of nitrogens with zero attached hydrogens (tertiary/aromatic N) is 3. The van der Waals surface area contributed by atoms with Crippen LogP contribution < -0.4 is 15.8 Å². The van der Waals surface area contributed by atoms with Crippen molar-refractivity contribution in [3.63, 3.8) is 0 Å². The quantitative estimate of drug-likeness (QED) is 0.470. The lowest BCUT2D eigenvalue weighted by Gasteiger charge is -2.23. The van der Waals surface area contributed by atoms with Gasteiger partial charge in [0, 0.05) is 13.1 Å². The summed E-state index contributed by atoms with van der Waals surface area (Å²) in [6.45, 7) is 2.97. The molecular weight excluding hydrogens is 441 g/mol. The minimum absolute atomic E-state index is 0.0694. The Kier molecular flexibility index (Phi) is 5.63. The van der Waals surface area contributed by atoms with Crippen molar-refractivity contribution in [2.45, 2.75) is 32.4 Å². The molecule has 5 rings (SSSR count). The van der Waals surface area contributed by atoms with Crippen molar-refractivity contribution in [1.82, 2.24) is 20.3 Å². The standard InChI is InChI=1S/C24H22FN5O2S/c1-14-9-10-17(25)16(12-14)20-28-22(32)19-23(29-20)33-24(27-19)30-11-5-8-18(30)21(31)26-13-15-6-3-2-4-7-15/h2-4,6-7,9-10,12,18H,5,8,11,13H2,1H3,(H,26,31)(H,28,29,32). The maximum Gasteiger partial charge on any atom is 0.278 e. The van der Waals surface area contributed by atoms with E-state index in [4.69, 9.17) is 0 Å². The highest BCUT2D eigenvalue weighted by Crippen LogP contribution is 2.32. The molecule has 9 heteroatoms. The Morgan fingerprint density at radius 2 is 2.06 bits per heavy atom. The molecule has 1 aliphatic rings. The van der Waals surface area contributed by atoms with Crippen LogP contribution in [0.5, 0.6) is 0 Å². The molecule has 0 spiro atoms. The summed E-state index contributed by atoms with van der Waals surface area (Å²) in [7, 11) is 0. The van der Waals surface area contributed by atoms with Gasteiger partial charge in [-0.2, -0.15) is 0 Å². The molecule has 168 valence electrons. The summed E-state index contributed by atoms with van der Waals surface area (Å²) in [4.78, 5) is 39.6. The second-order valence-corrected chi connectivity index (χ2v) is 9.06. The van der Waals surface area contributed by atoms with Crippen molar-refractivity contribution in [2.24, 2.45) is 0 Å². The van der Waals surface area contributed by atoms with Crippen LogP contribution in [0.2, 0.25) is 0 Å². The molecule has 7 nitrogen and oxygen atoms in total. The van der Waals surface area contributed by atoms with Crippen molar-refractivity contribution < 1.29 is 9.18 Å². The van der Waals surface area contributed by atoms with Gasteiger partial charge in [0.25, 0.3) is 5.56 Å². The van der Waals surface area contributed by atoms with Gasteiger partial charge in [-0.15, -0.1) is 0 Å². The fraction of sp³-hybridized carbons (Fsp3) is 0.250. The van der Waals surface area contributed by atoms with E-state index >= 15 is 0 Å². The second kappa shape index (κ2) is 8.74. The Hall–Kier alpha value is -3.59. The van der Waals surface area contributed by atoms with Crippen molar-refractivity contribution in [3.8, 4) is 11.4 Å². The molecule has 3 heterocycles. The number of H-pyrrole nitrogens is 1. The molecule has 2 N–H and O–H groups in total. The number of thiazole rings is 1. The molecule has 4 aromatic rings. The zero-order chi connectivity index (χ0) is 22.9. The predicted octanol–water partition coefficient (Wildman–Crippen LogP) is 3.78. The first-order valence-corrected chi connectivity index (χ1v) is 11.6. The van der Waals surface area contributed by atoms with Crippen LogP contribution in [0.1, 0.15) is 24.0 Å². The molecular formula is C24H22FN5O2S. The SMILES string of the molecule is Cc1ccc(F)c(-c2nc3sc(N4CCCC4C(=O)NCc4ccccc4)nc3c(=O)[nH]2)c1. The average Bonchev–Trinajstić information content (AvgIpc) is 3.47. The van der Waals surface area contributed by atoms with Gasteiger partial charge >= 0.3 is 0 Å². The first-order valence-electron chi connectivity index (χ1n) is 10.8. The van der Waals surface area contributed by atoms with E-state index in [9.17, 15) is 14.0 Å². The summed E-state index contributed by atoms with van der Waals surface area (Å²) in [5.41, 5.74) is 1.90. The third-order valence-corrected chi connectivity index (χ3v) is 6.73. The van der Waals surface area contributed by atoms with Crippen molar-refractivity contribution in [1.29, 1.82) is 0 Å². The van der Waals surface area contributed by atoms with Gasteiger partial charge in [0.2, 0.25) is 5.91 Å². The van der Waals surface area contributed by atoms with Crippen LogP contribution in [0.3, 0.4) is 0 Å². The van der Waals surface area contributed by atoms with Gasteiger partial charge in [-0.1, -0.05) is 53.3 Å². The number of halogens is 1. The van der Waals surface area contributed by atoms with Gasteiger partial charge in [0.15, 0.2) is 15.5 Å². The number of fused-ring (bicyclic) bond motifs is 1. The zero-order valence-electron chi connectivity index (χ0n) is 18.0. The molecule has 1 amide bonds. The first kappa shape index (κ1) is 21.3. The summed E-state index contributed by atoms with van der Waals surface area (Å²) in [6.07, 6.45) is 1.56. The number of amides is 1. The summed E-state index contributed by atoms with van der Waals surface area (Å²) in [5, 5.41) is 3.57. The summed E-state index contributed by atoms with van der Waals surface area (Å²) < 4.78 is 14.3. The van der Waals surface area contributed by atoms with Crippen LogP contribution in [-0.4, -0.2) is 33.4 Å². The van der Waals surface area contributed by atoms with Gasteiger partial charge in [0.05, 0.1) is 5.56 Å². The number of hydrogen-bond acceptors (Lipinski definition) is 6. The van der Waals surface area contributed by atoms with Gasteiger partial charge < -0.3 is 15.2 Å². The van der Waals surface area contributed by atoms with Crippen molar-refractivity contribution >= 4 is 32.7 Å². The number of benzene rings is 2. The molecule has 0 radical (unpaired) electrons. The average molecular weight is 464 g/mol. The number of carbonyl (C=O) groups excluding carboxylic acids is 1. The van der Waals surface area contributed by atoms with E-state index < -0.39 is 11.4 Å². The van der Waals surface area contributed by atoms with E-state index in [2.05, 4.69) is 20.3 Å². The Morgan fingerprint density at radius 3 is 2.88 bits per heavy atom. The minimum Gasteiger partial charge on any atom is -0.350 e. The molecule has 1 saturated heterocycles. The summed E-state index contributed by atoms with van der Waals surface area (Å²) in [6, 6.07) is 14.0. The number of anilines is 1. The van der Waals surface area contributed by atoms with E-state index in [0.29, 0.717) is 29.5 Å². The Morgan fingerprint density at radius 1 is 1.24 bits per heavy atom. The van der Waals surface area contributed by atoms with Crippen LogP contribution >= 0.6 is 11.3 Å². The lowest BCUT2D eigenvalue weighted by Crippen LogP contribution is -2.43. The molecule has 1 unspecified atom stereocenters. The van der Waals surface area contributed by atoms with Crippen LogP contribution in [0.15, 0.2) is 53.3 Å². The van der Waals surface area contributed by atoms with E-state index in [1.807, 2.05) is 42.2 Å². The molecule has 2 aromatic carbocycles. The highest BCUT2D eigenvalue weighted by atomic mass is 32.1. The summed E-state index contributed by atoms with van der Waals surface area (Å²) in [5.74, 6) is -0.356. The largest absolute Gasteiger partial charge is 0.350 e. The fourth-order valence-electron chi connectivity index (χ4n) is 4.06. The lowest BCUT2D eigenvalue weighted by molar-refractivity contribution is -0.122. The second-order valence-electron chi connectivity index (χ2n) is 8.10. The highest BCUT2D eigenvalue weighted by Gasteiger charge is 2.33. The van der Waals surface area contributed by atoms with E-state index in [1.165, 1.54) is 17.4 Å². The normalized spacial score (nSPS) is 15.8. The van der Waals surface area contributed by atoms with Gasteiger partial charge in [-0.05, 0) is 37.5 Å². The molecule has 33 heavy (non-hydrogen) atoms.